The lowest BCUT2D eigenvalue weighted by molar-refractivity contribution is 0.239. The van der Waals surface area contributed by atoms with E-state index in [0.717, 1.165) is 47.4 Å². The minimum atomic E-state index is -0.0967. The van der Waals surface area contributed by atoms with Crippen LogP contribution in [-0.4, -0.2) is 31.6 Å². The van der Waals surface area contributed by atoms with Gasteiger partial charge in [-0.25, -0.2) is 4.98 Å². The Morgan fingerprint density at radius 1 is 1.19 bits per heavy atom. The zero-order chi connectivity index (χ0) is 17.5. The molecule has 1 aromatic carbocycles. The van der Waals surface area contributed by atoms with Crippen LogP contribution in [0.3, 0.4) is 0 Å². The second-order valence-electron chi connectivity index (χ2n) is 6.50. The number of nitrogens with zero attached hydrogens (tertiary/aromatic N) is 3. The first-order valence-electron chi connectivity index (χ1n) is 8.58. The molecular formula is C19H17N5O2. The Bertz CT molecular complexity index is 1130. The maximum absolute atomic E-state index is 12.6. The topological polar surface area (TPSA) is 90.8 Å². The second-order valence-corrected chi connectivity index (χ2v) is 6.50. The molecule has 0 unspecified atom stereocenters. The van der Waals surface area contributed by atoms with Gasteiger partial charge in [0.15, 0.2) is 11.6 Å². The Kier molecular flexibility index (Phi) is 3.46. The van der Waals surface area contributed by atoms with Crippen LogP contribution in [0.15, 0.2) is 51.9 Å². The average Bonchev–Trinajstić information content (AvgIpc) is 3.33. The molecule has 130 valence electrons. The van der Waals surface area contributed by atoms with Crippen molar-refractivity contribution >= 4 is 10.9 Å². The number of hydrogen-bond donors (Lipinski definition) is 2. The fourth-order valence-corrected chi connectivity index (χ4v) is 3.50. The van der Waals surface area contributed by atoms with E-state index in [1.807, 2.05) is 18.2 Å². The first-order chi connectivity index (χ1) is 12.8. The zero-order valence-electron chi connectivity index (χ0n) is 14.0. The van der Waals surface area contributed by atoms with Crippen LogP contribution < -0.4 is 5.56 Å². The van der Waals surface area contributed by atoms with Gasteiger partial charge in [0.05, 0.1) is 28.7 Å². The van der Waals surface area contributed by atoms with Crippen molar-refractivity contribution in [2.75, 3.05) is 6.54 Å². The fourth-order valence-electron chi connectivity index (χ4n) is 3.50. The molecule has 26 heavy (non-hydrogen) atoms. The molecular weight excluding hydrogens is 330 g/mol. The number of benzene rings is 1. The standard InChI is InChI=1S/C19H17N5O2/c25-19-13-10-24(11-16-12-4-1-2-5-15(12)22-23-16)8-7-14(13)20-18(21-19)17-6-3-9-26-17/h1-6,9H,7-8,10-11H2,(H,22,23)(H,20,21,25). The van der Waals surface area contributed by atoms with Crippen LogP contribution in [0.5, 0.6) is 0 Å². The summed E-state index contributed by atoms with van der Waals surface area (Å²) in [5.41, 5.74) is 3.52. The molecule has 2 N–H and O–H groups in total. The van der Waals surface area contributed by atoms with E-state index in [2.05, 4.69) is 31.1 Å². The monoisotopic (exact) mass is 347 g/mol. The minimum Gasteiger partial charge on any atom is -0.461 e. The molecule has 4 heterocycles. The first-order valence-corrected chi connectivity index (χ1v) is 8.58. The van der Waals surface area contributed by atoms with E-state index in [0.29, 0.717) is 18.1 Å². The molecule has 3 aromatic heterocycles. The normalized spacial score (nSPS) is 14.6. The van der Waals surface area contributed by atoms with Gasteiger partial charge in [-0.2, -0.15) is 5.10 Å². The van der Waals surface area contributed by atoms with Gasteiger partial charge >= 0.3 is 0 Å². The Labute approximate surface area is 148 Å². The molecule has 4 aromatic rings. The molecule has 1 aliphatic heterocycles. The lowest BCUT2D eigenvalue weighted by Crippen LogP contribution is -2.35. The van der Waals surface area contributed by atoms with Crippen LogP contribution in [0.4, 0.5) is 0 Å². The number of nitrogens with one attached hydrogen (secondary N) is 2. The van der Waals surface area contributed by atoms with Gasteiger partial charge in [0.25, 0.3) is 5.56 Å². The summed E-state index contributed by atoms with van der Waals surface area (Å²) in [5.74, 6) is 1.07. The number of aromatic amines is 2. The number of fused-ring (bicyclic) bond motifs is 2. The SMILES string of the molecule is O=c1[nH]c(-c2ccco2)nc2c1CN(Cc1[nH]nc3ccccc13)CC2. The van der Waals surface area contributed by atoms with Crippen molar-refractivity contribution in [3.05, 3.63) is 70.0 Å². The van der Waals surface area contributed by atoms with E-state index in [9.17, 15) is 4.79 Å². The van der Waals surface area contributed by atoms with Crippen molar-refractivity contribution in [2.24, 2.45) is 0 Å². The van der Waals surface area contributed by atoms with Gasteiger partial charge in [0.1, 0.15) is 0 Å². The Morgan fingerprint density at radius 3 is 3.00 bits per heavy atom. The molecule has 7 heteroatoms. The quantitative estimate of drug-likeness (QED) is 0.594. The molecule has 7 nitrogen and oxygen atoms in total. The molecule has 0 saturated carbocycles. The van der Waals surface area contributed by atoms with Gasteiger partial charge in [-0.1, -0.05) is 18.2 Å². The number of rotatable bonds is 3. The third-order valence-corrected chi connectivity index (χ3v) is 4.82. The molecule has 0 spiro atoms. The van der Waals surface area contributed by atoms with Gasteiger partial charge in [0, 0.05) is 31.4 Å². The highest BCUT2D eigenvalue weighted by molar-refractivity contribution is 5.81. The Morgan fingerprint density at radius 2 is 2.12 bits per heavy atom. The van der Waals surface area contributed by atoms with Crippen LogP contribution in [0.2, 0.25) is 0 Å². The molecule has 0 radical (unpaired) electrons. The van der Waals surface area contributed by atoms with Crippen LogP contribution in [-0.2, 0) is 19.5 Å². The summed E-state index contributed by atoms with van der Waals surface area (Å²) < 4.78 is 5.34. The minimum absolute atomic E-state index is 0.0967. The number of para-hydroxylation sites is 1. The largest absolute Gasteiger partial charge is 0.461 e. The summed E-state index contributed by atoms with van der Waals surface area (Å²) in [4.78, 5) is 22.2. The van der Waals surface area contributed by atoms with Crippen molar-refractivity contribution in [3.8, 4) is 11.6 Å². The lowest BCUT2D eigenvalue weighted by Gasteiger charge is -2.27. The Hall–Kier alpha value is -3.19. The summed E-state index contributed by atoms with van der Waals surface area (Å²) in [6, 6.07) is 11.6. The van der Waals surface area contributed by atoms with E-state index >= 15 is 0 Å². The second kappa shape index (κ2) is 5.96. The molecule has 0 fully saturated rings. The number of hydrogen-bond acceptors (Lipinski definition) is 5. The highest BCUT2D eigenvalue weighted by atomic mass is 16.3. The highest BCUT2D eigenvalue weighted by Crippen LogP contribution is 2.22. The van der Waals surface area contributed by atoms with Gasteiger partial charge in [-0.15, -0.1) is 0 Å². The number of aromatic nitrogens is 4. The lowest BCUT2D eigenvalue weighted by atomic mass is 10.1. The van der Waals surface area contributed by atoms with Gasteiger partial charge < -0.3 is 9.40 Å². The number of H-pyrrole nitrogens is 2. The van der Waals surface area contributed by atoms with E-state index in [1.165, 1.54) is 0 Å². The van der Waals surface area contributed by atoms with Crippen molar-refractivity contribution in [1.82, 2.24) is 25.1 Å². The van der Waals surface area contributed by atoms with Gasteiger partial charge in [-0.05, 0) is 18.2 Å². The van der Waals surface area contributed by atoms with Gasteiger partial charge in [-0.3, -0.25) is 14.8 Å². The maximum Gasteiger partial charge on any atom is 0.256 e. The summed E-state index contributed by atoms with van der Waals surface area (Å²) in [7, 11) is 0. The smallest absolute Gasteiger partial charge is 0.256 e. The predicted octanol–water partition coefficient (Wildman–Crippen LogP) is 2.46. The molecule has 0 saturated heterocycles. The summed E-state index contributed by atoms with van der Waals surface area (Å²) >= 11 is 0. The molecule has 5 rings (SSSR count). The van der Waals surface area contributed by atoms with E-state index in [-0.39, 0.29) is 5.56 Å². The van der Waals surface area contributed by atoms with E-state index < -0.39 is 0 Å². The molecule has 0 bridgehead atoms. The highest BCUT2D eigenvalue weighted by Gasteiger charge is 2.23. The van der Waals surface area contributed by atoms with Crippen molar-refractivity contribution in [1.29, 1.82) is 0 Å². The van der Waals surface area contributed by atoms with Crippen LogP contribution >= 0.6 is 0 Å². The van der Waals surface area contributed by atoms with Crippen molar-refractivity contribution in [3.63, 3.8) is 0 Å². The Balaban J connectivity index is 1.42. The van der Waals surface area contributed by atoms with E-state index in [1.54, 1.807) is 18.4 Å². The molecule has 0 atom stereocenters. The summed E-state index contributed by atoms with van der Waals surface area (Å²) in [5, 5.41) is 8.59. The maximum atomic E-state index is 12.6. The van der Waals surface area contributed by atoms with Crippen LogP contribution in [0.1, 0.15) is 17.0 Å². The third kappa shape index (κ3) is 2.53. The first kappa shape index (κ1) is 15.1. The van der Waals surface area contributed by atoms with Crippen LogP contribution in [0.25, 0.3) is 22.5 Å². The van der Waals surface area contributed by atoms with Crippen molar-refractivity contribution < 1.29 is 4.42 Å². The molecule has 1 aliphatic rings. The fraction of sp³-hybridized carbons (Fsp3) is 0.211. The van der Waals surface area contributed by atoms with Crippen molar-refractivity contribution in [2.45, 2.75) is 19.5 Å². The summed E-state index contributed by atoms with van der Waals surface area (Å²) in [6.45, 7) is 2.14. The third-order valence-electron chi connectivity index (χ3n) is 4.82. The number of furan rings is 1. The van der Waals surface area contributed by atoms with Crippen LogP contribution in [0, 0.1) is 0 Å². The molecule has 0 aliphatic carbocycles. The molecule has 0 amide bonds. The van der Waals surface area contributed by atoms with E-state index in [4.69, 9.17) is 4.42 Å². The predicted molar refractivity (Wildman–Crippen MR) is 96.5 cm³/mol. The summed E-state index contributed by atoms with van der Waals surface area (Å²) in [6.07, 6.45) is 2.31. The zero-order valence-corrected chi connectivity index (χ0v) is 14.0. The average molecular weight is 347 g/mol. The van der Waals surface area contributed by atoms with Gasteiger partial charge in [0.2, 0.25) is 0 Å².